The maximum atomic E-state index is 11.0. The molecule has 0 rings (SSSR count). The van der Waals surface area contributed by atoms with Gasteiger partial charge in [-0.25, -0.2) is 0 Å². The van der Waals surface area contributed by atoms with Crippen molar-refractivity contribution in [2.45, 2.75) is 25.7 Å². The highest BCUT2D eigenvalue weighted by molar-refractivity contribution is 5.85. The largest absolute Gasteiger partial charge is 0.370 e. The normalized spacial score (nSPS) is 13.6. The van der Waals surface area contributed by atoms with Crippen molar-refractivity contribution in [3.8, 4) is 0 Å². The first-order valence-electron chi connectivity index (χ1n) is 5.39. The highest BCUT2D eigenvalue weighted by atomic mass is 16.2. The zero-order valence-corrected chi connectivity index (χ0v) is 9.93. The molecule has 0 bridgehead atoms. The molecule has 2 unspecified atom stereocenters. The first-order valence-corrected chi connectivity index (χ1v) is 5.39. The summed E-state index contributed by atoms with van der Waals surface area (Å²) in [5, 5.41) is 0. The Hall–Kier alpha value is -2.12. The Kier molecular flexibility index (Phi) is 6.40. The van der Waals surface area contributed by atoms with Gasteiger partial charge in [-0.15, -0.1) is 0 Å². The molecule has 0 aliphatic rings. The van der Waals surface area contributed by atoms with Crippen molar-refractivity contribution in [2.24, 2.45) is 34.8 Å². The number of rotatable bonds is 9. The van der Waals surface area contributed by atoms with E-state index in [9.17, 15) is 19.2 Å². The van der Waals surface area contributed by atoms with Crippen molar-refractivity contribution in [1.82, 2.24) is 0 Å². The van der Waals surface area contributed by atoms with Crippen molar-refractivity contribution in [3.05, 3.63) is 0 Å². The Morgan fingerprint density at radius 3 is 1.11 bits per heavy atom. The topological polar surface area (TPSA) is 172 Å². The van der Waals surface area contributed by atoms with Gasteiger partial charge in [-0.05, 0) is 12.8 Å². The number of hydrogen-bond donors (Lipinski definition) is 4. The average molecular weight is 258 g/mol. The van der Waals surface area contributed by atoms with Crippen molar-refractivity contribution < 1.29 is 19.2 Å². The molecule has 0 aliphatic carbocycles. The van der Waals surface area contributed by atoms with Gasteiger partial charge in [0.05, 0.1) is 0 Å². The molecule has 0 aromatic heterocycles. The summed E-state index contributed by atoms with van der Waals surface area (Å²) in [7, 11) is 0. The molecular formula is C10H18N4O4. The monoisotopic (exact) mass is 258 g/mol. The van der Waals surface area contributed by atoms with Crippen LogP contribution in [0.3, 0.4) is 0 Å². The van der Waals surface area contributed by atoms with Crippen molar-refractivity contribution in [3.63, 3.8) is 0 Å². The van der Waals surface area contributed by atoms with E-state index < -0.39 is 35.5 Å². The van der Waals surface area contributed by atoms with E-state index >= 15 is 0 Å². The van der Waals surface area contributed by atoms with Gasteiger partial charge < -0.3 is 22.9 Å². The lowest BCUT2D eigenvalue weighted by Gasteiger charge is -2.15. The fraction of sp³-hybridized carbons (Fsp3) is 0.600. The Labute approximate surface area is 104 Å². The summed E-state index contributed by atoms with van der Waals surface area (Å²) in [6.07, 6.45) is -0.0902. The Morgan fingerprint density at radius 1 is 0.667 bits per heavy atom. The smallest absolute Gasteiger partial charge is 0.221 e. The highest BCUT2D eigenvalue weighted by Crippen LogP contribution is 2.17. The molecule has 18 heavy (non-hydrogen) atoms. The second-order valence-electron chi connectivity index (χ2n) is 4.12. The predicted molar refractivity (Wildman–Crippen MR) is 62.2 cm³/mol. The lowest BCUT2D eigenvalue weighted by Crippen LogP contribution is -2.32. The number of carbonyl (C=O) groups is 4. The molecule has 0 heterocycles. The van der Waals surface area contributed by atoms with Crippen molar-refractivity contribution in [2.75, 3.05) is 0 Å². The van der Waals surface area contributed by atoms with Crippen LogP contribution in [-0.4, -0.2) is 23.6 Å². The van der Waals surface area contributed by atoms with Gasteiger partial charge in [0.15, 0.2) is 0 Å². The third-order valence-electron chi connectivity index (χ3n) is 2.56. The zero-order chi connectivity index (χ0) is 14.3. The van der Waals surface area contributed by atoms with Crippen LogP contribution in [0.5, 0.6) is 0 Å². The number of carbonyl (C=O) groups excluding carboxylic acids is 4. The molecule has 0 radical (unpaired) electrons. The third kappa shape index (κ3) is 6.46. The second-order valence-corrected chi connectivity index (χ2v) is 4.12. The van der Waals surface area contributed by atoms with Gasteiger partial charge in [0.25, 0.3) is 0 Å². The molecule has 102 valence electrons. The molecule has 0 fully saturated rings. The number of primary amides is 4. The predicted octanol–water partition coefficient (Wildman–Crippen LogP) is -2.28. The van der Waals surface area contributed by atoms with Crippen LogP contribution in [0.4, 0.5) is 0 Å². The standard InChI is InChI=1S/C10H18N4O4/c11-7(15)3-5(9(13)17)1-2-6(10(14)18)4-8(12)16/h5-6H,1-4H2,(H2,11,15)(H2,12,16)(H2,13,17)(H2,14,18). The lowest BCUT2D eigenvalue weighted by atomic mass is 9.90. The van der Waals surface area contributed by atoms with E-state index in [1.54, 1.807) is 0 Å². The van der Waals surface area contributed by atoms with Crippen molar-refractivity contribution >= 4 is 23.6 Å². The van der Waals surface area contributed by atoms with E-state index in [0.717, 1.165) is 0 Å². The van der Waals surface area contributed by atoms with Gasteiger partial charge in [0, 0.05) is 24.7 Å². The minimum absolute atomic E-state index is 0.152. The zero-order valence-electron chi connectivity index (χ0n) is 9.93. The number of amides is 4. The van der Waals surface area contributed by atoms with Crippen LogP contribution in [0.1, 0.15) is 25.7 Å². The van der Waals surface area contributed by atoms with Crippen molar-refractivity contribution in [1.29, 1.82) is 0 Å². The van der Waals surface area contributed by atoms with Gasteiger partial charge in [-0.1, -0.05) is 0 Å². The quantitative estimate of drug-likeness (QED) is 0.365. The summed E-state index contributed by atoms with van der Waals surface area (Å²) in [5.74, 6) is -4.23. The van der Waals surface area contributed by atoms with Gasteiger partial charge in [0.1, 0.15) is 0 Å². The molecule has 0 aromatic rings. The van der Waals surface area contributed by atoms with Crippen LogP contribution in [0.25, 0.3) is 0 Å². The molecule has 0 aromatic carbocycles. The van der Waals surface area contributed by atoms with Crippen LogP contribution in [0.2, 0.25) is 0 Å². The summed E-state index contributed by atoms with van der Waals surface area (Å²) >= 11 is 0. The SMILES string of the molecule is NC(=O)CC(CCC(CC(N)=O)C(N)=O)C(N)=O. The molecule has 0 saturated carbocycles. The molecule has 0 saturated heterocycles. The maximum absolute atomic E-state index is 11.0. The molecule has 0 aliphatic heterocycles. The summed E-state index contributed by atoms with van der Waals surface area (Å²) in [6.45, 7) is 0. The summed E-state index contributed by atoms with van der Waals surface area (Å²) in [5.41, 5.74) is 20.1. The minimum Gasteiger partial charge on any atom is -0.370 e. The Bertz CT molecular complexity index is 322. The fourth-order valence-electron chi connectivity index (χ4n) is 1.58. The maximum Gasteiger partial charge on any atom is 0.221 e. The lowest BCUT2D eigenvalue weighted by molar-refractivity contribution is -0.129. The summed E-state index contributed by atoms with van der Waals surface area (Å²) in [6, 6.07) is 0. The third-order valence-corrected chi connectivity index (χ3v) is 2.56. The fourth-order valence-corrected chi connectivity index (χ4v) is 1.58. The Balaban J connectivity index is 4.45. The average Bonchev–Trinajstić information content (AvgIpc) is 2.20. The first-order chi connectivity index (χ1) is 8.23. The first kappa shape index (κ1) is 15.9. The van der Waals surface area contributed by atoms with E-state index in [1.807, 2.05) is 0 Å². The Morgan fingerprint density at radius 2 is 0.944 bits per heavy atom. The van der Waals surface area contributed by atoms with E-state index in [2.05, 4.69) is 0 Å². The van der Waals surface area contributed by atoms with Crippen LogP contribution >= 0.6 is 0 Å². The van der Waals surface area contributed by atoms with Crippen LogP contribution < -0.4 is 22.9 Å². The molecule has 8 nitrogen and oxygen atoms in total. The van der Waals surface area contributed by atoms with E-state index in [-0.39, 0.29) is 25.7 Å². The summed E-state index contributed by atoms with van der Waals surface area (Å²) < 4.78 is 0. The van der Waals surface area contributed by atoms with Gasteiger partial charge in [-0.2, -0.15) is 0 Å². The molecule has 8 N–H and O–H groups in total. The van der Waals surface area contributed by atoms with E-state index in [0.29, 0.717) is 0 Å². The van der Waals surface area contributed by atoms with Crippen LogP contribution in [0.15, 0.2) is 0 Å². The van der Waals surface area contributed by atoms with Gasteiger partial charge in [0.2, 0.25) is 23.6 Å². The number of hydrogen-bond acceptors (Lipinski definition) is 4. The molecule has 0 spiro atoms. The molecule has 4 amide bonds. The van der Waals surface area contributed by atoms with Gasteiger partial charge >= 0.3 is 0 Å². The summed E-state index contributed by atoms with van der Waals surface area (Å²) in [4.78, 5) is 43.5. The van der Waals surface area contributed by atoms with E-state index in [1.165, 1.54) is 0 Å². The second kappa shape index (κ2) is 7.25. The van der Waals surface area contributed by atoms with E-state index in [4.69, 9.17) is 22.9 Å². The minimum atomic E-state index is -0.766. The van der Waals surface area contributed by atoms with Crippen LogP contribution in [-0.2, 0) is 19.2 Å². The molecule has 8 heteroatoms. The molecule has 2 atom stereocenters. The molecular weight excluding hydrogens is 240 g/mol. The highest BCUT2D eigenvalue weighted by Gasteiger charge is 2.23. The number of nitrogens with two attached hydrogens (primary N) is 4. The van der Waals surface area contributed by atoms with Crippen LogP contribution in [0, 0.1) is 11.8 Å². The van der Waals surface area contributed by atoms with Gasteiger partial charge in [-0.3, -0.25) is 19.2 Å².